The van der Waals surface area contributed by atoms with Crippen molar-refractivity contribution in [1.82, 2.24) is 0 Å². The molecule has 0 aromatic heterocycles. The first kappa shape index (κ1) is 14.8. The number of hydrogen-bond donors (Lipinski definition) is 1. The van der Waals surface area contributed by atoms with Crippen molar-refractivity contribution in [2.45, 2.75) is 16.1 Å². The second kappa shape index (κ2) is 5.55. The summed E-state index contributed by atoms with van der Waals surface area (Å²) in [6.45, 7) is -0.114. The van der Waals surface area contributed by atoms with Gasteiger partial charge in [-0.15, -0.1) is 0 Å². The van der Waals surface area contributed by atoms with E-state index >= 15 is 0 Å². The fraction of sp³-hybridized carbons (Fsp3) is 0.250. The average molecular weight is 367 g/mol. The smallest absolute Gasteiger partial charge is 0.182 e. The van der Waals surface area contributed by atoms with E-state index in [1.165, 1.54) is 0 Å². The molecular weight excluding hydrogens is 352 g/mol. The highest BCUT2D eigenvalue weighted by Crippen LogP contribution is 2.53. The second-order valence-electron chi connectivity index (χ2n) is 5.25. The van der Waals surface area contributed by atoms with Crippen molar-refractivity contribution in [3.05, 3.63) is 64.6 Å². The predicted molar refractivity (Wildman–Crippen MR) is 84.9 cm³/mol. The molecule has 5 heteroatoms. The highest BCUT2D eigenvalue weighted by atomic mass is 79.9. The zero-order chi connectivity index (χ0) is 15.0. The van der Waals surface area contributed by atoms with E-state index < -0.39 is 15.1 Å². The minimum atomic E-state index is -3.41. The van der Waals surface area contributed by atoms with Gasteiger partial charge >= 0.3 is 0 Å². The van der Waals surface area contributed by atoms with Crippen LogP contribution in [0.4, 0.5) is 0 Å². The molecule has 1 aliphatic rings. The standard InChI is InChI=1S/C16H15BrO3S/c17-12-8-6-11(7-9-12)15-14(10-18)16(15)21(19,20)13-4-2-1-3-5-13/h1-9,14-16,18H,10H2. The van der Waals surface area contributed by atoms with Gasteiger partial charge in [0.15, 0.2) is 9.84 Å². The Labute approximate surface area is 132 Å². The van der Waals surface area contributed by atoms with Crippen molar-refractivity contribution >= 4 is 25.8 Å². The van der Waals surface area contributed by atoms with E-state index in [-0.39, 0.29) is 18.4 Å². The van der Waals surface area contributed by atoms with Gasteiger partial charge in [0, 0.05) is 22.9 Å². The third kappa shape index (κ3) is 2.65. The van der Waals surface area contributed by atoms with Crippen molar-refractivity contribution in [3.8, 4) is 0 Å². The number of benzene rings is 2. The molecule has 1 N–H and O–H groups in total. The minimum absolute atomic E-state index is 0.114. The van der Waals surface area contributed by atoms with E-state index in [2.05, 4.69) is 15.9 Å². The lowest BCUT2D eigenvalue weighted by Crippen LogP contribution is -2.11. The number of sulfone groups is 1. The van der Waals surface area contributed by atoms with E-state index in [1.807, 2.05) is 24.3 Å². The normalized spacial score (nSPS) is 24.8. The Bertz CT molecular complexity index is 726. The monoisotopic (exact) mass is 366 g/mol. The van der Waals surface area contributed by atoms with Crippen LogP contribution < -0.4 is 0 Å². The van der Waals surface area contributed by atoms with E-state index in [1.54, 1.807) is 30.3 Å². The van der Waals surface area contributed by atoms with Gasteiger partial charge in [-0.3, -0.25) is 0 Å². The summed E-state index contributed by atoms with van der Waals surface area (Å²) < 4.78 is 26.3. The Kier molecular flexibility index (Phi) is 3.90. The van der Waals surface area contributed by atoms with Crippen molar-refractivity contribution in [1.29, 1.82) is 0 Å². The molecule has 2 aromatic rings. The predicted octanol–water partition coefficient (Wildman–Crippen LogP) is 3.00. The molecule has 21 heavy (non-hydrogen) atoms. The Hall–Kier alpha value is -1.17. The van der Waals surface area contributed by atoms with Gasteiger partial charge in [0.05, 0.1) is 10.1 Å². The quantitative estimate of drug-likeness (QED) is 0.904. The molecule has 0 amide bonds. The maximum absolute atomic E-state index is 12.7. The first-order chi connectivity index (χ1) is 10.1. The molecule has 2 aromatic carbocycles. The summed E-state index contributed by atoms with van der Waals surface area (Å²) in [6.07, 6.45) is 0. The fourth-order valence-corrected chi connectivity index (χ4v) is 5.36. The van der Waals surface area contributed by atoms with Crippen molar-refractivity contribution < 1.29 is 13.5 Å². The third-order valence-corrected chi connectivity index (χ3v) is 6.81. The number of hydrogen-bond acceptors (Lipinski definition) is 3. The molecular formula is C16H15BrO3S. The summed E-state index contributed by atoms with van der Waals surface area (Å²) >= 11 is 3.37. The number of aliphatic hydroxyl groups excluding tert-OH is 1. The summed E-state index contributed by atoms with van der Waals surface area (Å²) in [4.78, 5) is 0.327. The van der Waals surface area contributed by atoms with Crippen LogP contribution in [0.1, 0.15) is 11.5 Å². The van der Waals surface area contributed by atoms with Gasteiger partial charge in [0.2, 0.25) is 0 Å². The first-order valence-electron chi connectivity index (χ1n) is 6.71. The third-order valence-electron chi connectivity index (χ3n) is 3.99. The Balaban J connectivity index is 1.94. The van der Waals surface area contributed by atoms with Crippen molar-refractivity contribution in [2.75, 3.05) is 6.61 Å². The lowest BCUT2D eigenvalue weighted by atomic mass is 10.1. The largest absolute Gasteiger partial charge is 0.396 e. The number of rotatable bonds is 4. The lowest BCUT2D eigenvalue weighted by Gasteiger charge is -2.04. The zero-order valence-corrected chi connectivity index (χ0v) is 13.6. The fourth-order valence-electron chi connectivity index (χ4n) is 2.87. The molecule has 0 aliphatic heterocycles. The van der Waals surface area contributed by atoms with Gasteiger partial charge in [-0.05, 0) is 29.8 Å². The highest BCUT2D eigenvalue weighted by molar-refractivity contribution is 9.10. The van der Waals surface area contributed by atoms with Crippen LogP contribution in [0.3, 0.4) is 0 Å². The van der Waals surface area contributed by atoms with E-state index in [9.17, 15) is 13.5 Å². The molecule has 3 nitrogen and oxygen atoms in total. The lowest BCUT2D eigenvalue weighted by molar-refractivity contribution is 0.274. The van der Waals surface area contributed by atoms with Crippen LogP contribution in [0.2, 0.25) is 0 Å². The van der Waals surface area contributed by atoms with Gasteiger partial charge in [0.25, 0.3) is 0 Å². The molecule has 0 radical (unpaired) electrons. The van der Waals surface area contributed by atoms with Gasteiger partial charge in [-0.25, -0.2) is 8.42 Å². The maximum atomic E-state index is 12.7. The molecule has 1 aliphatic carbocycles. The summed E-state index contributed by atoms with van der Waals surface area (Å²) in [7, 11) is -3.41. The number of halogens is 1. The van der Waals surface area contributed by atoms with Crippen LogP contribution in [-0.2, 0) is 9.84 Å². The Morgan fingerprint density at radius 3 is 2.19 bits per heavy atom. The molecule has 1 saturated carbocycles. The Morgan fingerprint density at radius 1 is 1.00 bits per heavy atom. The van der Waals surface area contributed by atoms with E-state index in [4.69, 9.17) is 0 Å². The van der Waals surface area contributed by atoms with Crippen LogP contribution in [-0.4, -0.2) is 25.4 Å². The summed E-state index contributed by atoms with van der Waals surface area (Å²) in [5.74, 6) is -0.357. The molecule has 0 bridgehead atoms. The van der Waals surface area contributed by atoms with E-state index in [0.29, 0.717) is 4.90 Å². The van der Waals surface area contributed by atoms with Crippen molar-refractivity contribution in [3.63, 3.8) is 0 Å². The van der Waals surface area contributed by atoms with Crippen LogP contribution in [0, 0.1) is 5.92 Å². The molecule has 110 valence electrons. The van der Waals surface area contributed by atoms with Gasteiger partial charge in [0.1, 0.15) is 0 Å². The van der Waals surface area contributed by atoms with Crippen molar-refractivity contribution in [2.24, 2.45) is 5.92 Å². The zero-order valence-electron chi connectivity index (χ0n) is 11.2. The topological polar surface area (TPSA) is 54.4 Å². The second-order valence-corrected chi connectivity index (χ2v) is 8.27. The summed E-state index contributed by atoms with van der Waals surface area (Å²) in [5, 5.41) is 8.96. The van der Waals surface area contributed by atoms with Crippen LogP contribution in [0.15, 0.2) is 64.0 Å². The molecule has 0 heterocycles. The van der Waals surface area contributed by atoms with Crippen LogP contribution in [0.5, 0.6) is 0 Å². The maximum Gasteiger partial charge on any atom is 0.182 e. The first-order valence-corrected chi connectivity index (χ1v) is 9.05. The minimum Gasteiger partial charge on any atom is -0.396 e. The highest BCUT2D eigenvalue weighted by Gasteiger charge is 2.58. The SMILES string of the molecule is O=S(=O)(c1ccccc1)C1C(CO)C1c1ccc(Br)cc1. The molecule has 3 rings (SSSR count). The Morgan fingerprint density at radius 2 is 1.62 bits per heavy atom. The van der Waals surface area contributed by atoms with Gasteiger partial charge in [-0.2, -0.15) is 0 Å². The number of aliphatic hydroxyl groups is 1. The van der Waals surface area contributed by atoms with E-state index in [0.717, 1.165) is 10.0 Å². The molecule has 0 spiro atoms. The molecule has 3 unspecified atom stereocenters. The van der Waals surface area contributed by atoms with Gasteiger partial charge in [-0.1, -0.05) is 46.3 Å². The van der Waals surface area contributed by atoms with Crippen LogP contribution >= 0.6 is 15.9 Å². The molecule has 3 atom stereocenters. The average Bonchev–Trinajstić information content (AvgIpc) is 3.24. The summed E-state index contributed by atoms with van der Waals surface area (Å²) in [5.41, 5.74) is 0.960. The molecule has 0 saturated heterocycles. The molecule has 1 fully saturated rings. The summed E-state index contributed by atoms with van der Waals surface area (Å²) in [6, 6.07) is 16.1. The van der Waals surface area contributed by atoms with Gasteiger partial charge < -0.3 is 5.11 Å². The van der Waals surface area contributed by atoms with Crippen LogP contribution in [0.25, 0.3) is 0 Å².